The molecule has 3 heteroatoms. The summed E-state index contributed by atoms with van der Waals surface area (Å²) in [5, 5.41) is 17.9. The number of carbonyl (C=O) groups is 1. The molecule has 0 bridgehead atoms. The fourth-order valence-corrected chi connectivity index (χ4v) is 0.841. The van der Waals surface area contributed by atoms with Crippen LogP contribution >= 0.6 is 0 Å². The molecule has 0 spiro atoms. The van der Waals surface area contributed by atoms with E-state index in [4.69, 9.17) is 15.0 Å². The summed E-state index contributed by atoms with van der Waals surface area (Å²) >= 11 is 0. The second-order valence-corrected chi connectivity index (χ2v) is 2.22. The van der Waals surface area contributed by atoms with Gasteiger partial charge in [-0.2, -0.15) is 0 Å². The number of benzene rings is 1. The van der Waals surface area contributed by atoms with E-state index in [-0.39, 0.29) is 12.4 Å². The number of aliphatic hydroxyl groups is 1. The van der Waals surface area contributed by atoms with Crippen LogP contribution in [-0.2, 0) is 11.4 Å². The molecule has 0 heterocycles. The maximum atomic E-state index is 9.12. The van der Waals surface area contributed by atoms with Gasteiger partial charge in [0.25, 0.3) is 0 Å². The van der Waals surface area contributed by atoms with Crippen molar-refractivity contribution in [2.45, 2.75) is 13.5 Å². The third-order valence-electron chi connectivity index (χ3n) is 1.59. The average Bonchev–Trinajstić information content (AvgIpc) is 2.13. The monoisotopic (exact) mass is 168 g/mol. The first-order valence-electron chi connectivity index (χ1n) is 3.43. The lowest BCUT2D eigenvalue weighted by Crippen LogP contribution is -1.87. The second-order valence-electron chi connectivity index (χ2n) is 2.22. The van der Waals surface area contributed by atoms with Crippen molar-refractivity contribution in [3.05, 3.63) is 29.3 Å². The highest BCUT2D eigenvalue weighted by molar-refractivity contribution is 5.37. The van der Waals surface area contributed by atoms with Gasteiger partial charge in [0.1, 0.15) is 12.5 Å². The fraction of sp³-hybridized carbons (Fsp3) is 0.222. The molecule has 12 heavy (non-hydrogen) atoms. The number of phenols is 1. The van der Waals surface area contributed by atoms with Gasteiger partial charge in [-0.05, 0) is 24.1 Å². The van der Waals surface area contributed by atoms with E-state index < -0.39 is 0 Å². The van der Waals surface area contributed by atoms with Crippen molar-refractivity contribution < 1.29 is 15.0 Å². The van der Waals surface area contributed by atoms with Crippen molar-refractivity contribution in [3.63, 3.8) is 0 Å². The molecule has 0 saturated carbocycles. The Hall–Kier alpha value is -1.35. The molecule has 0 aromatic heterocycles. The van der Waals surface area contributed by atoms with E-state index in [0.717, 1.165) is 11.1 Å². The minimum atomic E-state index is -0.0137. The van der Waals surface area contributed by atoms with E-state index >= 15 is 0 Å². The van der Waals surface area contributed by atoms with Crippen molar-refractivity contribution in [2.75, 3.05) is 0 Å². The van der Waals surface area contributed by atoms with Crippen LogP contribution in [0.3, 0.4) is 0 Å². The van der Waals surface area contributed by atoms with E-state index in [1.165, 1.54) is 0 Å². The highest BCUT2D eigenvalue weighted by atomic mass is 16.3. The molecule has 0 saturated heterocycles. The number of phenolic OH excluding ortho intramolecular Hbond substituents is 1. The normalized spacial score (nSPS) is 8.50. The first-order valence-corrected chi connectivity index (χ1v) is 3.43. The Bertz CT molecular complexity index is 246. The van der Waals surface area contributed by atoms with Gasteiger partial charge in [-0.3, -0.25) is 0 Å². The Morgan fingerprint density at radius 1 is 1.42 bits per heavy atom. The first kappa shape index (κ1) is 10.7. The van der Waals surface area contributed by atoms with E-state index in [1.807, 2.05) is 6.79 Å². The molecule has 0 fully saturated rings. The molecule has 1 aromatic rings. The number of hydrogen-bond donors (Lipinski definition) is 2. The van der Waals surface area contributed by atoms with Gasteiger partial charge in [-0.15, -0.1) is 0 Å². The fourth-order valence-electron chi connectivity index (χ4n) is 0.841. The van der Waals surface area contributed by atoms with E-state index in [0.29, 0.717) is 0 Å². The van der Waals surface area contributed by atoms with Crippen LogP contribution in [0.15, 0.2) is 18.2 Å². The number of aliphatic hydroxyl groups excluding tert-OH is 1. The smallest absolute Gasteiger partial charge is 0.118 e. The zero-order valence-corrected chi connectivity index (χ0v) is 6.95. The van der Waals surface area contributed by atoms with Crippen LogP contribution < -0.4 is 0 Å². The maximum Gasteiger partial charge on any atom is 0.118 e. The lowest BCUT2D eigenvalue weighted by atomic mass is 10.1. The molecule has 0 atom stereocenters. The topological polar surface area (TPSA) is 57.5 Å². The molecule has 1 aromatic carbocycles. The number of carbonyl (C=O) groups excluding carboxylic acids is 1. The molecule has 3 nitrogen and oxygen atoms in total. The second kappa shape index (κ2) is 5.32. The third kappa shape index (κ3) is 2.36. The van der Waals surface area contributed by atoms with Crippen molar-refractivity contribution in [1.82, 2.24) is 0 Å². The molecule has 1 rings (SSSR count). The largest absolute Gasteiger partial charge is 0.508 e. The summed E-state index contributed by atoms with van der Waals surface area (Å²) in [4.78, 5) is 8.00. The van der Waals surface area contributed by atoms with Crippen LogP contribution in [0, 0.1) is 6.92 Å². The molecule has 0 amide bonds. The van der Waals surface area contributed by atoms with Crippen molar-refractivity contribution >= 4 is 6.79 Å². The van der Waals surface area contributed by atoms with E-state index in [2.05, 4.69) is 0 Å². The van der Waals surface area contributed by atoms with Crippen molar-refractivity contribution in [3.8, 4) is 5.75 Å². The quantitative estimate of drug-likeness (QED) is 0.658. The Morgan fingerprint density at radius 2 is 2.00 bits per heavy atom. The molecule has 0 aliphatic carbocycles. The Kier molecular flexibility index (Phi) is 4.72. The molecule has 0 aliphatic rings. The van der Waals surface area contributed by atoms with Crippen LogP contribution in [0.25, 0.3) is 0 Å². The molecule has 0 aliphatic heterocycles. The van der Waals surface area contributed by atoms with Gasteiger partial charge < -0.3 is 15.0 Å². The van der Waals surface area contributed by atoms with Crippen LogP contribution in [0.2, 0.25) is 0 Å². The highest BCUT2D eigenvalue weighted by Crippen LogP contribution is 2.18. The van der Waals surface area contributed by atoms with Crippen LogP contribution in [-0.4, -0.2) is 17.0 Å². The van der Waals surface area contributed by atoms with Gasteiger partial charge >= 0.3 is 0 Å². The lowest BCUT2D eigenvalue weighted by Gasteiger charge is -2.02. The molecule has 2 N–H and O–H groups in total. The summed E-state index contributed by atoms with van der Waals surface area (Å²) in [5.41, 5.74) is 1.53. The SMILES string of the molecule is C=O.Cc1c(O)cccc1CO. The van der Waals surface area contributed by atoms with Gasteiger partial charge in [-0.1, -0.05) is 12.1 Å². The molecular weight excluding hydrogens is 156 g/mol. The molecule has 0 radical (unpaired) electrons. The summed E-state index contributed by atoms with van der Waals surface area (Å²) < 4.78 is 0. The van der Waals surface area contributed by atoms with Gasteiger partial charge in [-0.25, -0.2) is 0 Å². The van der Waals surface area contributed by atoms with Gasteiger partial charge in [0.15, 0.2) is 0 Å². The number of aromatic hydroxyl groups is 1. The minimum Gasteiger partial charge on any atom is -0.508 e. The van der Waals surface area contributed by atoms with Crippen molar-refractivity contribution in [2.24, 2.45) is 0 Å². The summed E-state index contributed by atoms with van der Waals surface area (Å²) in [6, 6.07) is 5.11. The highest BCUT2D eigenvalue weighted by Gasteiger charge is 1.98. The maximum absolute atomic E-state index is 9.12. The van der Waals surface area contributed by atoms with Crippen molar-refractivity contribution in [1.29, 1.82) is 0 Å². The summed E-state index contributed by atoms with van der Waals surface area (Å²) in [7, 11) is 0. The Balaban J connectivity index is 0.000000561. The zero-order chi connectivity index (χ0) is 9.56. The predicted molar refractivity (Wildman–Crippen MR) is 45.9 cm³/mol. The standard InChI is InChI=1S/C8H10O2.CH2O/c1-6-7(5-9)3-2-4-8(6)10;1-2/h2-4,9-10H,5H2,1H3;1H2. The summed E-state index contributed by atoms with van der Waals surface area (Å²) in [6.07, 6.45) is 0. The molecule has 66 valence electrons. The summed E-state index contributed by atoms with van der Waals surface area (Å²) in [5.74, 6) is 0.242. The van der Waals surface area contributed by atoms with Gasteiger partial charge in [0.2, 0.25) is 0 Å². The minimum absolute atomic E-state index is 0.0137. The van der Waals surface area contributed by atoms with Crippen LogP contribution in [0.5, 0.6) is 5.75 Å². The Morgan fingerprint density at radius 3 is 2.42 bits per heavy atom. The first-order chi connectivity index (χ1) is 5.75. The van der Waals surface area contributed by atoms with Gasteiger partial charge in [0, 0.05) is 0 Å². The van der Waals surface area contributed by atoms with E-state index in [9.17, 15) is 0 Å². The van der Waals surface area contributed by atoms with E-state index in [1.54, 1.807) is 25.1 Å². The zero-order valence-electron chi connectivity index (χ0n) is 6.95. The number of hydrogen-bond acceptors (Lipinski definition) is 3. The number of rotatable bonds is 1. The van der Waals surface area contributed by atoms with Crippen LogP contribution in [0.4, 0.5) is 0 Å². The van der Waals surface area contributed by atoms with Gasteiger partial charge in [0.05, 0.1) is 6.61 Å². The third-order valence-corrected chi connectivity index (χ3v) is 1.59. The average molecular weight is 168 g/mol. The Labute approximate surface area is 71.3 Å². The molecular formula is C9H12O3. The van der Waals surface area contributed by atoms with Crippen LogP contribution in [0.1, 0.15) is 11.1 Å². The predicted octanol–water partition coefficient (Wildman–Crippen LogP) is 1.01. The lowest BCUT2D eigenvalue weighted by molar-refractivity contribution is -0.0979. The summed E-state index contributed by atoms with van der Waals surface area (Å²) in [6.45, 7) is 3.76. The molecule has 0 unspecified atom stereocenters.